The fourth-order valence-corrected chi connectivity index (χ4v) is 1.02. The van der Waals surface area contributed by atoms with E-state index in [0.717, 1.165) is 12.8 Å². The van der Waals surface area contributed by atoms with Gasteiger partial charge in [-0.2, -0.15) is 4.98 Å². The summed E-state index contributed by atoms with van der Waals surface area (Å²) < 4.78 is 4.86. The molecule has 14 heavy (non-hydrogen) atoms. The number of nitrogens with two attached hydrogens (primary N) is 1. The van der Waals surface area contributed by atoms with Crippen LogP contribution >= 0.6 is 0 Å². The highest BCUT2D eigenvalue weighted by Gasteiger charge is 2.17. The Kier molecular flexibility index (Phi) is 3.58. The topological polar surface area (TPSA) is 94.0 Å². The molecule has 0 spiro atoms. The van der Waals surface area contributed by atoms with E-state index in [-0.39, 0.29) is 17.8 Å². The van der Waals surface area contributed by atoms with Crippen LogP contribution in [0.5, 0.6) is 0 Å². The average Bonchev–Trinajstić information content (AvgIpc) is 2.66. The van der Waals surface area contributed by atoms with Gasteiger partial charge >= 0.3 is 0 Å². The summed E-state index contributed by atoms with van der Waals surface area (Å²) in [6.07, 6.45) is 1.69. The summed E-state index contributed by atoms with van der Waals surface area (Å²) in [6, 6.07) is -0.286. The molecular weight excluding hydrogens is 184 g/mol. The van der Waals surface area contributed by atoms with Crippen molar-refractivity contribution < 1.29 is 9.32 Å². The molecule has 1 aromatic heterocycles. The molecule has 0 aliphatic heterocycles. The number of rotatable bonds is 4. The molecule has 0 aliphatic carbocycles. The third-order valence-electron chi connectivity index (χ3n) is 1.79. The first-order valence-electron chi connectivity index (χ1n) is 4.50. The molecule has 3 N–H and O–H groups in total. The van der Waals surface area contributed by atoms with E-state index in [0.29, 0.717) is 5.89 Å². The van der Waals surface area contributed by atoms with Crippen LogP contribution in [0.3, 0.4) is 0 Å². The molecule has 0 unspecified atom stereocenters. The number of aromatic nitrogens is 2. The molecule has 0 aromatic carbocycles. The van der Waals surface area contributed by atoms with Gasteiger partial charge in [0.15, 0.2) is 0 Å². The highest BCUT2D eigenvalue weighted by Crippen LogP contribution is 2.12. The molecule has 0 fully saturated rings. The first-order valence-corrected chi connectivity index (χ1v) is 4.50. The predicted octanol–water partition coefficient (Wildman–Crippen LogP) is 0.229. The maximum Gasteiger partial charge on any atom is 0.292 e. The molecule has 1 atom stereocenters. The van der Waals surface area contributed by atoms with Crippen molar-refractivity contribution in [2.45, 2.75) is 25.8 Å². The Labute approximate surface area is 81.9 Å². The van der Waals surface area contributed by atoms with Gasteiger partial charge in [-0.1, -0.05) is 18.5 Å². The standard InChI is InChI=1S/C8H14N4O2/c1-3-4-5(9)8-11-6(12-14-8)7(13)10-2/h5H,3-4,9H2,1-2H3,(H,10,13)/t5-/m1/s1. The fourth-order valence-electron chi connectivity index (χ4n) is 1.02. The monoisotopic (exact) mass is 198 g/mol. The minimum atomic E-state index is -0.372. The van der Waals surface area contributed by atoms with E-state index in [2.05, 4.69) is 15.5 Å². The summed E-state index contributed by atoms with van der Waals surface area (Å²) in [5.41, 5.74) is 5.73. The largest absolute Gasteiger partial charge is 0.352 e. The van der Waals surface area contributed by atoms with Gasteiger partial charge in [-0.05, 0) is 6.42 Å². The number of hydrogen-bond donors (Lipinski definition) is 2. The van der Waals surface area contributed by atoms with Crippen molar-refractivity contribution in [2.24, 2.45) is 5.73 Å². The van der Waals surface area contributed by atoms with E-state index in [1.807, 2.05) is 6.92 Å². The molecule has 0 aliphatic rings. The van der Waals surface area contributed by atoms with E-state index < -0.39 is 0 Å². The van der Waals surface area contributed by atoms with Crippen LogP contribution in [0.2, 0.25) is 0 Å². The van der Waals surface area contributed by atoms with Gasteiger partial charge < -0.3 is 15.6 Å². The molecule has 1 heterocycles. The average molecular weight is 198 g/mol. The zero-order valence-corrected chi connectivity index (χ0v) is 8.28. The second kappa shape index (κ2) is 4.71. The Bertz CT molecular complexity index is 310. The third kappa shape index (κ3) is 2.29. The van der Waals surface area contributed by atoms with E-state index in [4.69, 9.17) is 10.3 Å². The lowest BCUT2D eigenvalue weighted by atomic mass is 10.2. The Morgan fingerprint density at radius 1 is 1.71 bits per heavy atom. The zero-order valence-electron chi connectivity index (χ0n) is 8.28. The third-order valence-corrected chi connectivity index (χ3v) is 1.79. The van der Waals surface area contributed by atoms with Gasteiger partial charge in [-0.25, -0.2) is 0 Å². The van der Waals surface area contributed by atoms with Crippen LogP contribution in [-0.2, 0) is 0 Å². The lowest BCUT2D eigenvalue weighted by Crippen LogP contribution is -2.19. The molecule has 1 aromatic rings. The van der Waals surface area contributed by atoms with Gasteiger partial charge in [0, 0.05) is 7.05 Å². The number of carbonyl (C=O) groups excluding carboxylic acids is 1. The number of nitrogens with one attached hydrogen (secondary N) is 1. The van der Waals surface area contributed by atoms with Crippen molar-refractivity contribution in [1.29, 1.82) is 0 Å². The molecular formula is C8H14N4O2. The van der Waals surface area contributed by atoms with E-state index >= 15 is 0 Å². The lowest BCUT2D eigenvalue weighted by Gasteiger charge is -2.01. The van der Waals surface area contributed by atoms with Crippen molar-refractivity contribution in [3.8, 4) is 0 Å². The molecule has 78 valence electrons. The highest BCUT2D eigenvalue weighted by atomic mass is 16.5. The minimum absolute atomic E-state index is 0.0223. The van der Waals surface area contributed by atoms with Crippen LogP contribution in [0.1, 0.15) is 42.3 Å². The molecule has 0 radical (unpaired) electrons. The van der Waals surface area contributed by atoms with Gasteiger partial charge in [0.2, 0.25) is 5.89 Å². The molecule has 6 nitrogen and oxygen atoms in total. The number of nitrogens with zero attached hydrogens (tertiary/aromatic N) is 2. The summed E-state index contributed by atoms with van der Waals surface area (Å²) in [7, 11) is 1.50. The SMILES string of the molecule is CCC[C@@H](N)c1nc(C(=O)NC)no1. The first kappa shape index (κ1) is 10.6. The van der Waals surface area contributed by atoms with Gasteiger partial charge in [0.1, 0.15) is 0 Å². The van der Waals surface area contributed by atoms with Crippen LogP contribution in [0.4, 0.5) is 0 Å². The Morgan fingerprint density at radius 3 is 3.00 bits per heavy atom. The second-order valence-electron chi connectivity index (χ2n) is 2.93. The van der Waals surface area contributed by atoms with Gasteiger partial charge in [-0.3, -0.25) is 4.79 Å². The van der Waals surface area contributed by atoms with Gasteiger partial charge in [-0.15, -0.1) is 0 Å². The number of carbonyl (C=O) groups is 1. The van der Waals surface area contributed by atoms with Crippen molar-refractivity contribution in [1.82, 2.24) is 15.5 Å². The molecule has 6 heteroatoms. The minimum Gasteiger partial charge on any atom is -0.352 e. The van der Waals surface area contributed by atoms with E-state index in [1.165, 1.54) is 7.05 Å². The van der Waals surface area contributed by atoms with Crippen molar-refractivity contribution in [2.75, 3.05) is 7.05 Å². The van der Waals surface area contributed by atoms with Crippen molar-refractivity contribution in [3.05, 3.63) is 11.7 Å². The summed E-state index contributed by atoms with van der Waals surface area (Å²) in [6.45, 7) is 2.01. The predicted molar refractivity (Wildman–Crippen MR) is 49.5 cm³/mol. The van der Waals surface area contributed by atoms with E-state index in [1.54, 1.807) is 0 Å². The van der Waals surface area contributed by atoms with Crippen LogP contribution in [-0.4, -0.2) is 23.1 Å². The Balaban J connectivity index is 2.72. The quantitative estimate of drug-likeness (QED) is 0.722. The van der Waals surface area contributed by atoms with Crippen LogP contribution in [0, 0.1) is 0 Å². The normalized spacial score (nSPS) is 12.5. The molecule has 0 bridgehead atoms. The van der Waals surface area contributed by atoms with Crippen molar-refractivity contribution >= 4 is 5.91 Å². The smallest absolute Gasteiger partial charge is 0.292 e. The zero-order chi connectivity index (χ0) is 10.6. The van der Waals surface area contributed by atoms with E-state index in [9.17, 15) is 4.79 Å². The highest BCUT2D eigenvalue weighted by molar-refractivity contribution is 5.89. The summed E-state index contributed by atoms with van der Waals surface area (Å²) in [5.74, 6) is -0.0387. The van der Waals surface area contributed by atoms with Gasteiger partial charge in [0.05, 0.1) is 6.04 Å². The Morgan fingerprint density at radius 2 is 2.43 bits per heavy atom. The number of hydrogen-bond acceptors (Lipinski definition) is 5. The summed E-state index contributed by atoms with van der Waals surface area (Å²) in [5, 5.41) is 5.91. The lowest BCUT2D eigenvalue weighted by molar-refractivity contribution is 0.0950. The molecule has 0 saturated heterocycles. The number of amides is 1. The van der Waals surface area contributed by atoms with Crippen LogP contribution in [0.15, 0.2) is 4.52 Å². The summed E-state index contributed by atoms with van der Waals surface area (Å²) in [4.78, 5) is 15.0. The van der Waals surface area contributed by atoms with Crippen LogP contribution in [0.25, 0.3) is 0 Å². The second-order valence-corrected chi connectivity index (χ2v) is 2.93. The van der Waals surface area contributed by atoms with Crippen molar-refractivity contribution in [3.63, 3.8) is 0 Å². The first-order chi connectivity index (χ1) is 6.69. The molecule has 1 amide bonds. The fraction of sp³-hybridized carbons (Fsp3) is 0.625. The maximum absolute atomic E-state index is 11.1. The molecule has 1 rings (SSSR count). The van der Waals surface area contributed by atoms with Gasteiger partial charge in [0.25, 0.3) is 11.7 Å². The maximum atomic E-state index is 11.1. The summed E-state index contributed by atoms with van der Waals surface area (Å²) >= 11 is 0. The Hall–Kier alpha value is -1.43. The van der Waals surface area contributed by atoms with Crippen LogP contribution < -0.4 is 11.1 Å². The molecule has 0 saturated carbocycles.